The molecule has 265 valence electrons. The van der Waals surface area contributed by atoms with E-state index in [2.05, 4.69) is 42.5 Å². The van der Waals surface area contributed by atoms with Gasteiger partial charge in [-0.1, -0.05) is 44.9 Å². The maximum atomic E-state index is 13.3. The van der Waals surface area contributed by atoms with Crippen molar-refractivity contribution >= 4 is 10.1 Å². The third-order valence-corrected chi connectivity index (χ3v) is 15.9. The Morgan fingerprint density at radius 3 is 1.02 bits per heavy atom. The normalized spacial score (nSPS) is 53.4. The maximum Gasteiger partial charge on any atom is 0.286 e. The Morgan fingerprint density at radius 2 is 0.696 bits per heavy atom. The van der Waals surface area contributed by atoms with E-state index in [1.54, 1.807) is 0 Å². The zero-order valence-corrected chi connectivity index (χ0v) is 28.7. The second-order valence-electron chi connectivity index (χ2n) is 16.3. The van der Waals surface area contributed by atoms with E-state index in [4.69, 9.17) is 10.2 Å². The average Bonchev–Trinajstić information content (AvgIpc) is 3.80. The Hall–Kier alpha value is 0.0695. The Morgan fingerprint density at radius 1 is 0.413 bits per heavy atom. The molecule has 5 aliphatic heterocycles. The van der Waals surface area contributed by atoms with Gasteiger partial charge in [0.05, 0.1) is 54.6 Å². The molecule has 4 saturated carbocycles. The van der Waals surface area contributed by atoms with Crippen LogP contribution < -0.4 is 48.4 Å². The number of nitrogens with one attached hydrogen (secondary N) is 8. The zero-order valence-electron chi connectivity index (χ0n) is 26.9. The fourth-order valence-electron chi connectivity index (χ4n) is 12.4. The van der Waals surface area contributed by atoms with E-state index < -0.39 is 15.4 Å². The summed E-state index contributed by atoms with van der Waals surface area (Å²) in [7, 11) is -3.87. The molecular weight excluding hydrogens is 654 g/mol. The third-order valence-electron chi connectivity index (χ3n) is 14.3. The SMILES string of the molecule is NOS(=O)(=O)C1CCCC2C3NC4NC(NC5NC(NC6NC(NC(N3)C21)C1CCCCC61)C1CCCCC51)C1CCCCC41.[Cu]. The molecule has 4 aliphatic carbocycles. The molecule has 0 amide bonds. The molecule has 9 fully saturated rings. The van der Waals surface area contributed by atoms with Crippen LogP contribution in [0.4, 0.5) is 0 Å². The van der Waals surface area contributed by atoms with Crippen molar-refractivity contribution in [3.05, 3.63) is 0 Å². The van der Waals surface area contributed by atoms with E-state index in [9.17, 15) is 8.42 Å². The predicted molar refractivity (Wildman–Crippen MR) is 171 cm³/mol. The molecule has 5 heterocycles. The zero-order chi connectivity index (χ0) is 30.3. The van der Waals surface area contributed by atoms with Crippen LogP contribution in [0.3, 0.4) is 0 Å². The molecule has 46 heavy (non-hydrogen) atoms. The van der Waals surface area contributed by atoms with Gasteiger partial charge in [0.1, 0.15) is 0 Å². The standard InChI is InChI=1S/C32H57N9O3S.Cu/c33-44-45(42,43)23-15-7-14-22-24(23)32-40-30-21-13-6-5-12-20(21)28(38-30)36-26-17-9-2-1-8-16(17)25(34-26)35-27-18-10-3-4-11-19(18)29(37-27)39-31(22)41-32;/h16-32,34-41H,1-15,33H2;. The van der Waals surface area contributed by atoms with Crippen LogP contribution in [0.2, 0.25) is 0 Å². The molecule has 17 unspecified atom stereocenters. The van der Waals surface area contributed by atoms with Crippen LogP contribution in [-0.4, -0.2) is 63.0 Å². The van der Waals surface area contributed by atoms with Gasteiger partial charge in [0.2, 0.25) is 0 Å². The molecule has 10 N–H and O–H groups in total. The van der Waals surface area contributed by atoms with Gasteiger partial charge in [-0.05, 0) is 92.8 Å². The third kappa shape index (κ3) is 5.67. The summed E-state index contributed by atoms with van der Waals surface area (Å²) in [6, 6.07) is 0. The van der Waals surface area contributed by atoms with Crippen LogP contribution in [0.25, 0.3) is 0 Å². The molecule has 8 bridgehead atoms. The molecule has 0 spiro atoms. The fraction of sp³-hybridized carbons (Fsp3) is 1.00. The van der Waals surface area contributed by atoms with E-state index in [1.165, 1.54) is 77.0 Å². The predicted octanol–water partition coefficient (Wildman–Crippen LogP) is 0.802. The quantitative estimate of drug-likeness (QED) is 0.147. The van der Waals surface area contributed by atoms with Gasteiger partial charge in [-0.2, -0.15) is 18.6 Å². The van der Waals surface area contributed by atoms with Gasteiger partial charge in [0, 0.05) is 23.0 Å². The average molecular weight is 711 g/mol. The van der Waals surface area contributed by atoms with Crippen molar-refractivity contribution in [1.29, 1.82) is 0 Å². The van der Waals surface area contributed by atoms with Crippen LogP contribution in [0, 0.1) is 47.3 Å². The van der Waals surface area contributed by atoms with Gasteiger partial charge in [0.15, 0.2) is 0 Å². The topological polar surface area (TPSA) is 166 Å². The monoisotopic (exact) mass is 710 g/mol. The van der Waals surface area contributed by atoms with Crippen molar-refractivity contribution in [2.45, 2.75) is 151 Å². The van der Waals surface area contributed by atoms with Crippen molar-refractivity contribution < 1.29 is 29.8 Å². The van der Waals surface area contributed by atoms with Crippen LogP contribution >= 0.6 is 0 Å². The van der Waals surface area contributed by atoms with Crippen molar-refractivity contribution in [2.24, 2.45) is 53.2 Å². The van der Waals surface area contributed by atoms with E-state index >= 15 is 0 Å². The molecule has 17 atom stereocenters. The molecule has 5 saturated heterocycles. The van der Waals surface area contributed by atoms with Crippen LogP contribution in [0.15, 0.2) is 0 Å². The summed E-state index contributed by atoms with van der Waals surface area (Å²) in [6.45, 7) is 0. The molecule has 9 aliphatic rings. The molecule has 12 nitrogen and oxygen atoms in total. The van der Waals surface area contributed by atoms with Gasteiger partial charge in [-0.25, -0.2) is 0 Å². The van der Waals surface area contributed by atoms with E-state index in [0.717, 1.165) is 12.8 Å². The number of nitrogens with two attached hydrogens (primary N) is 1. The van der Waals surface area contributed by atoms with Crippen molar-refractivity contribution in [2.75, 3.05) is 0 Å². The summed E-state index contributed by atoms with van der Waals surface area (Å²) in [5.74, 6) is 9.03. The Bertz CT molecular complexity index is 1200. The van der Waals surface area contributed by atoms with Gasteiger partial charge in [-0.3, -0.25) is 42.5 Å². The summed E-state index contributed by atoms with van der Waals surface area (Å²) in [6.07, 6.45) is 19.1. The van der Waals surface area contributed by atoms with E-state index in [-0.39, 0.29) is 65.9 Å². The second-order valence-corrected chi connectivity index (χ2v) is 18.1. The van der Waals surface area contributed by atoms with Crippen LogP contribution in [0.5, 0.6) is 0 Å². The number of rotatable bonds is 2. The first-order valence-electron chi connectivity index (χ1n) is 18.7. The largest absolute Gasteiger partial charge is 0.286 e. The van der Waals surface area contributed by atoms with Gasteiger partial charge >= 0.3 is 0 Å². The van der Waals surface area contributed by atoms with E-state index in [1.807, 2.05) is 0 Å². The summed E-state index contributed by atoms with van der Waals surface area (Å²) in [5, 5.41) is 32.0. The summed E-state index contributed by atoms with van der Waals surface area (Å²) < 4.78 is 31.3. The fourth-order valence-corrected chi connectivity index (χ4v) is 13.7. The molecule has 0 aromatic rings. The van der Waals surface area contributed by atoms with Crippen molar-refractivity contribution in [1.82, 2.24) is 42.5 Å². The smallest absolute Gasteiger partial charge is 0.286 e. The first-order chi connectivity index (χ1) is 22.0. The van der Waals surface area contributed by atoms with Crippen molar-refractivity contribution in [3.8, 4) is 0 Å². The summed E-state index contributed by atoms with van der Waals surface area (Å²) in [4.78, 5) is 0. The van der Waals surface area contributed by atoms with Gasteiger partial charge in [-0.15, -0.1) is 0 Å². The minimum Gasteiger partial charge on any atom is -0.286 e. The minimum atomic E-state index is -3.87. The Kier molecular flexibility index (Phi) is 9.62. The van der Waals surface area contributed by atoms with Gasteiger partial charge < -0.3 is 0 Å². The minimum absolute atomic E-state index is 0. The first kappa shape index (κ1) is 33.2. The Balaban J connectivity index is 0.00000312. The first-order valence-corrected chi connectivity index (χ1v) is 20.2. The molecule has 14 heteroatoms. The Labute approximate surface area is 285 Å². The molecule has 1 radical (unpaired) electrons. The molecule has 0 aromatic carbocycles. The van der Waals surface area contributed by atoms with Crippen molar-refractivity contribution in [3.63, 3.8) is 0 Å². The van der Waals surface area contributed by atoms with E-state index in [0.29, 0.717) is 54.3 Å². The summed E-state index contributed by atoms with van der Waals surface area (Å²) in [5.41, 5.74) is 0. The summed E-state index contributed by atoms with van der Waals surface area (Å²) >= 11 is 0. The van der Waals surface area contributed by atoms with Crippen LogP contribution in [0.1, 0.15) is 96.3 Å². The second kappa shape index (κ2) is 13.3. The molecular formula is C32H57CuN9O3S. The molecule has 0 aromatic heterocycles. The number of hydrogen-bond acceptors (Lipinski definition) is 12. The maximum absolute atomic E-state index is 13.3. The molecule has 9 rings (SSSR count). The van der Waals surface area contributed by atoms with Gasteiger partial charge in [0.25, 0.3) is 10.1 Å². The number of hydrogen-bond donors (Lipinski definition) is 9. The number of fused-ring (bicyclic) bond motifs is 20. The van der Waals surface area contributed by atoms with Crippen LogP contribution in [-0.2, 0) is 31.5 Å².